The molecule has 2 atom stereocenters. The number of thiazole rings is 1. The fraction of sp³-hybridized carbons (Fsp3) is 0.391. The summed E-state index contributed by atoms with van der Waals surface area (Å²) in [6, 6.07) is 3.53. The van der Waals surface area contributed by atoms with E-state index in [4.69, 9.17) is 21.3 Å². The van der Waals surface area contributed by atoms with Gasteiger partial charge in [-0.3, -0.25) is 14.7 Å². The number of carboxylic acid groups (broad SMARTS) is 1. The Morgan fingerprint density at radius 1 is 1.40 bits per heavy atom. The van der Waals surface area contributed by atoms with E-state index in [9.17, 15) is 19.1 Å². The van der Waals surface area contributed by atoms with Gasteiger partial charge >= 0.3 is 11.9 Å². The van der Waals surface area contributed by atoms with Crippen LogP contribution < -0.4 is 5.32 Å². The average Bonchev–Trinajstić information content (AvgIpc) is 3.39. The second kappa shape index (κ2) is 11.5. The lowest BCUT2D eigenvalue weighted by Crippen LogP contribution is -2.47. The Bertz CT molecular complexity index is 1160. The molecule has 0 aliphatic carbocycles. The molecule has 0 bridgehead atoms. The lowest BCUT2D eigenvalue weighted by molar-refractivity contribution is -0.137. The summed E-state index contributed by atoms with van der Waals surface area (Å²) >= 11 is 9.48. The first-order valence-electron chi connectivity index (χ1n) is 10.9. The lowest BCUT2D eigenvalue weighted by Gasteiger charge is -2.37. The largest absolute Gasteiger partial charge is 0.481 e. The van der Waals surface area contributed by atoms with Gasteiger partial charge in [0.15, 0.2) is 10.8 Å². The zero-order chi connectivity index (χ0) is 24.9. The summed E-state index contributed by atoms with van der Waals surface area (Å²) in [4.78, 5) is 35.4. The smallest absolute Gasteiger partial charge is 0.338 e. The molecule has 0 amide bonds. The van der Waals surface area contributed by atoms with Crippen molar-refractivity contribution in [3.8, 4) is 0 Å². The van der Waals surface area contributed by atoms with Gasteiger partial charge in [-0.05, 0) is 12.5 Å². The first-order valence-corrected chi connectivity index (χ1v) is 13.3. The average molecular weight is 539 g/mol. The number of amidine groups is 1. The zero-order valence-corrected chi connectivity index (χ0v) is 21.3. The standard InChI is InChI=1S/C23H24ClFN4O4S2/c1-33-23(32)18-16(11-29-8-10-34-12-13(29)5-6-17(30)31)27-21(22-26-7-9-35-22)28-20(18)14-3-2-4-15(25)19(14)24/h2-4,7,9,13,20H,5-6,8,10-12H2,1H3,(H,27,28)(H,30,31)/t13-,20+/m1/s1. The van der Waals surface area contributed by atoms with Crippen molar-refractivity contribution in [2.24, 2.45) is 4.99 Å². The van der Waals surface area contributed by atoms with Gasteiger partial charge in [0.05, 0.1) is 17.7 Å². The Kier molecular flexibility index (Phi) is 8.42. The predicted octanol–water partition coefficient (Wildman–Crippen LogP) is 3.74. The molecule has 1 aromatic carbocycles. The minimum absolute atomic E-state index is 0.0245. The van der Waals surface area contributed by atoms with Gasteiger partial charge in [-0.2, -0.15) is 11.8 Å². The summed E-state index contributed by atoms with van der Waals surface area (Å²) in [6.07, 6.45) is 2.21. The van der Waals surface area contributed by atoms with Crippen LogP contribution in [-0.2, 0) is 14.3 Å². The lowest BCUT2D eigenvalue weighted by atomic mass is 9.95. The van der Waals surface area contributed by atoms with Gasteiger partial charge in [-0.1, -0.05) is 23.7 Å². The fourth-order valence-corrected chi connectivity index (χ4v) is 6.13. The van der Waals surface area contributed by atoms with Crippen LogP contribution in [-0.4, -0.2) is 70.5 Å². The first kappa shape index (κ1) is 25.6. The van der Waals surface area contributed by atoms with E-state index in [1.807, 2.05) is 5.38 Å². The number of halogens is 2. The van der Waals surface area contributed by atoms with Crippen LogP contribution in [0.1, 0.15) is 29.5 Å². The van der Waals surface area contributed by atoms with Crippen molar-refractivity contribution in [2.45, 2.75) is 24.9 Å². The number of benzene rings is 1. The number of aliphatic imine (C=N–C) groups is 1. The first-order chi connectivity index (χ1) is 16.9. The SMILES string of the molecule is COC(=O)C1=C(CN2CCSC[C@H]2CCC(=O)O)NC(c2nccs2)=N[C@H]1c1cccc(F)c1Cl. The number of carbonyl (C=O) groups excluding carboxylic acids is 1. The van der Waals surface area contributed by atoms with Gasteiger partial charge in [-0.15, -0.1) is 11.3 Å². The van der Waals surface area contributed by atoms with Gasteiger partial charge < -0.3 is 15.2 Å². The summed E-state index contributed by atoms with van der Waals surface area (Å²) in [5, 5.41) is 14.7. The van der Waals surface area contributed by atoms with E-state index in [1.165, 1.54) is 30.6 Å². The van der Waals surface area contributed by atoms with E-state index in [2.05, 4.69) is 15.2 Å². The number of thioether (sulfide) groups is 1. The number of esters is 1. The molecule has 3 heterocycles. The topological polar surface area (TPSA) is 104 Å². The molecule has 186 valence electrons. The van der Waals surface area contributed by atoms with E-state index in [-0.39, 0.29) is 23.1 Å². The van der Waals surface area contributed by atoms with Crippen molar-refractivity contribution in [3.05, 3.63) is 62.5 Å². The van der Waals surface area contributed by atoms with Crippen molar-refractivity contribution in [1.29, 1.82) is 0 Å². The highest BCUT2D eigenvalue weighted by atomic mass is 35.5. The number of nitrogens with zero attached hydrogens (tertiary/aromatic N) is 3. The van der Waals surface area contributed by atoms with Crippen molar-refractivity contribution in [3.63, 3.8) is 0 Å². The number of hydrogen-bond acceptors (Lipinski definition) is 9. The summed E-state index contributed by atoms with van der Waals surface area (Å²) in [5.74, 6) is 0.0678. The van der Waals surface area contributed by atoms with Crippen molar-refractivity contribution >= 4 is 52.5 Å². The third kappa shape index (κ3) is 5.85. The predicted molar refractivity (Wildman–Crippen MR) is 135 cm³/mol. The number of carbonyl (C=O) groups is 2. The van der Waals surface area contributed by atoms with E-state index in [0.717, 1.165) is 18.1 Å². The monoisotopic (exact) mass is 538 g/mol. The molecular formula is C23H24ClFN4O4S2. The summed E-state index contributed by atoms with van der Waals surface area (Å²) < 4.78 is 19.5. The molecule has 12 heteroatoms. The van der Waals surface area contributed by atoms with Gasteiger partial charge in [0.25, 0.3) is 0 Å². The van der Waals surface area contributed by atoms with Crippen LogP contribution in [0.3, 0.4) is 0 Å². The summed E-state index contributed by atoms with van der Waals surface area (Å²) in [6.45, 7) is 1.06. The number of rotatable bonds is 8. The van der Waals surface area contributed by atoms with Crippen LogP contribution in [0.25, 0.3) is 0 Å². The van der Waals surface area contributed by atoms with E-state index in [0.29, 0.717) is 35.1 Å². The molecule has 2 aromatic rings. The second-order valence-electron chi connectivity index (χ2n) is 8.00. The second-order valence-corrected chi connectivity index (χ2v) is 10.4. The van der Waals surface area contributed by atoms with Crippen molar-refractivity contribution < 1.29 is 23.8 Å². The Hall–Kier alpha value is -2.47. The van der Waals surface area contributed by atoms with Crippen LogP contribution >= 0.6 is 34.7 Å². The minimum atomic E-state index is -0.905. The number of hydrogen-bond donors (Lipinski definition) is 2. The molecule has 1 saturated heterocycles. The number of aromatic nitrogens is 1. The van der Waals surface area contributed by atoms with Gasteiger partial charge in [-0.25, -0.2) is 14.2 Å². The Morgan fingerprint density at radius 3 is 2.94 bits per heavy atom. The van der Waals surface area contributed by atoms with Crippen molar-refractivity contribution in [1.82, 2.24) is 15.2 Å². The molecule has 2 N–H and O–H groups in total. The Morgan fingerprint density at radius 2 is 2.23 bits per heavy atom. The Balaban J connectivity index is 1.77. The molecule has 4 rings (SSSR count). The number of aliphatic carboxylic acids is 1. The minimum Gasteiger partial charge on any atom is -0.481 e. The van der Waals surface area contributed by atoms with E-state index in [1.54, 1.807) is 24.0 Å². The fourth-order valence-electron chi connectivity index (χ4n) is 4.13. The van der Waals surface area contributed by atoms with Crippen LogP contribution in [0.5, 0.6) is 0 Å². The molecule has 0 unspecified atom stereocenters. The Labute approximate surface area is 215 Å². The maximum atomic E-state index is 14.4. The van der Waals surface area contributed by atoms with E-state index < -0.39 is 23.8 Å². The molecule has 2 aliphatic rings. The molecule has 0 radical (unpaired) electrons. The molecule has 0 spiro atoms. The molecule has 0 saturated carbocycles. The van der Waals surface area contributed by atoms with Crippen molar-refractivity contribution in [2.75, 3.05) is 31.7 Å². The summed E-state index contributed by atoms with van der Waals surface area (Å²) in [7, 11) is 1.28. The molecule has 8 nitrogen and oxygen atoms in total. The molecule has 2 aliphatic heterocycles. The van der Waals surface area contributed by atoms with Crippen LogP contribution in [0, 0.1) is 5.82 Å². The van der Waals surface area contributed by atoms with Crippen LogP contribution in [0.4, 0.5) is 4.39 Å². The van der Waals surface area contributed by atoms with Gasteiger partial charge in [0.1, 0.15) is 11.9 Å². The maximum absolute atomic E-state index is 14.4. The van der Waals surface area contributed by atoms with E-state index >= 15 is 0 Å². The number of carboxylic acids is 1. The highest BCUT2D eigenvalue weighted by molar-refractivity contribution is 7.99. The highest BCUT2D eigenvalue weighted by Gasteiger charge is 2.36. The summed E-state index contributed by atoms with van der Waals surface area (Å²) in [5.41, 5.74) is 1.13. The molecule has 1 fully saturated rings. The normalized spacial score (nSPS) is 20.8. The molecule has 35 heavy (non-hydrogen) atoms. The molecule has 1 aromatic heterocycles. The maximum Gasteiger partial charge on any atom is 0.338 e. The number of methoxy groups -OCH3 is 1. The third-order valence-electron chi connectivity index (χ3n) is 5.84. The van der Waals surface area contributed by atoms with Crippen LogP contribution in [0.2, 0.25) is 5.02 Å². The van der Waals surface area contributed by atoms with Crippen LogP contribution in [0.15, 0.2) is 46.0 Å². The molecular weight excluding hydrogens is 515 g/mol. The highest BCUT2D eigenvalue weighted by Crippen LogP contribution is 2.37. The quantitative estimate of drug-likeness (QED) is 0.490. The number of ether oxygens (including phenoxy) is 1. The van der Waals surface area contributed by atoms with Gasteiger partial charge in [0, 0.05) is 59.9 Å². The third-order valence-corrected chi connectivity index (χ3v) is 8.11. The zero-order valence-electron chi connectivity index (χ0n) is 18.9. The van der Waals surface area contributed by atoms with Gasteiger partial charge in [0.2, 0.25) is 0 Å². The number of nitrogens with one attached hydrogen (secondary N) is 1.